The predicted octanol–water partition coefficient (Wildman–Crippen LogP) is 1.55. The van der Waals surface area contributed by atoms with E-state index >= 15 is 0 Å². The number of aryl methyl sites for hydroxylation is 1. The van der Waals surface area contributed by atoms with Crippen LogP contribution in [0, 0.1) is 6.92 Å². The lowest BCUT2D eigenvalue weighted by atomic mass is 10.0. The van der Waals surface area contributed by atoms with Crippen molar-refractivity contribution in [3.63, 3.8) is 0 Å². The molecule has 0 amide bonds. The highest BCUT2D eigenvalue weighted by molar-refractivity contribution is 6.07. The number of rotatable bonds is 3. The quantitative estimate of drug-likeness (QED) is 0.520. The molecule has 13 heavy (non-hydrogen) atoms. The van der Waals surface area contributed by atoms with Crippen molar-refractivity contribution in [1.82, 2.24) is 4.98 Å². The van der Waals surface area contributed by atoms with E-state index in [1.807, 2.05) is 0 Å². The first-order valence-corrected chi connectivity index (χ1v) is 4.04. The van der Waals surface area contributed by atoms with Gasteiger partial charge < -0.3 is 0 Å². The number of Topliss-reactive ketones (excluding diaryl/α,β-unsaturated/α-hetero) is 2. The fourth-order valence-electron chi connectivity index (χ4n) is 1.11. The van der Waals surface area contributed by atoms with Crippen LogP contribution in [-0.4, -0.2) is 16.6 Å². The summed E-state index contributed by atoms with van der Waals surface area (Å²) in [4.78, 5) is 26.0. The first-order chi connectivity index (χ1) is 6.11. The molecule has 1 rings (SSSR count). The fourth-order valence-corrected chi connectivity index (χ4v) is 1.11. The largest absolute Gasteiger partial charge is 0.300 e. The van der Waals surface area contributed by atoms with Crippen LogP contribution >= 0.6 is 0 Å². The van der Waals surface area contributed by atoms with Gasteiger partial charge in [-0.25, -0.2) is 0 Å². The molecule has 0 fully saturated rings. The Balaban J connectivity index is 2.89. The molecule has 0 aliphatic heterocycles. The highest BCUT2D eigenvalue weighted by Gasteiger charge is 2.10. The molecule has 68 valence electrons. The summed E-state index contributed by atoms with van der Waals surface area (Å²) in [5, 5.41) is 0. The summed E-state index contributed by atoms with van der Waals surface area (Å²) in [6.45, 7) is 3.22. The summed E-state index contributed by atoms with van der Waals surface area (Å²) in [5.74, 6) is -0.242. The summed E-state index contributed by atoms with van der Waals surface area (Å²) in [6.07, 6.45) is 3.15. The maximum absolute atomic E-state index is 11.4. The van der Waals surface area contributed by atoms with Gasteiger partial charge in [0.05, 0.1) is 6.42 Å². The molecular formula is C10H11NO2. The van der Waals surface area contributed by atoms with E-state index in [4.69, 9.17) is 0 Å². The topological polar surface area (TPSA) is 47.0 Å². The minimum atomic E-state index is -0.132. The second-order valence-corrected chi connectivity index (χ2v) is 2.99. The number of carbonyl (C=O) groups is 2. The van der Waals surface area contributed by atoms with Gasteiger partial charge in [-0.1, -0.05) is 0 Å². The van der Waals surface area contributed by atoms with Crippen LogP contribution in [0.1, 0.15) is 29.3 Å². The number of carbonyl (C=O) groups excluding carboxylic acids is 2. The standard InChI is InChI=1S/C10H11NO2/c1-7-6-11-4-3-9(7)10(13)5-8(2)12/h3-4,6H,5H2,1-2H3. The number of pyridine rings is 1. The molecule has 0 saturated heterocycles. The highest BCUT2D eigenvalue weighted by Crippen LogP contribution is 2.08. The second kappa shape index (κ2) is 3.94. The third kappa shape index (κ3) is 2.47. The summed E-state index contributed by atoms with van der Waals surface area (Å²) < 4.78 is 0. The lowest BCUT2D eigenvalue weighted by molar-refractivity contribution is -0.116. The van der Waals surface area contributed by atoms with Crippen LogP contribution in [0.2, 0.25) is 0 Å². The van der Waals surface area contributed by atoms with E-state index in [0.29, 0.717) is 5.56 Å². The van der Waals surface area contributed by atoms with Gasteiger partial charge in [-0.2, -0.15) is 0 Å². The molecule has 1 aromatic heterocycles. The Kier molecular flexibility index (Phi) is 2.90. The van der Waals surface area contributed by atoms with Crippen LogP contribution in [0.15, 0.2) is 18.5 Å². The number of hydrogen-bond acceptors (Lipinski definition) is 3. The first kappa shape index (κ1) is 9.58. The van der Waals surface area contributed by atoms with Gasteiger partial charge in [0.2, 0.25) is 0 Å². The summed E-state index contributed by atoms with van der Waals surface area (Å²) >= 11 is 0. The van der Waals surface area contributed by atoms with Crippen molar-refractivity contribution in [3.8, 4) is 0 Å². The second-order valence-electron chi connectivity index (χ2n) is 2.99. The van der Waals surface area contributed by atoms with Crippen LogP contribution < -0.4 is 0 Å². The molecule has 0 N–H and O–H groups in total. The smallest absolute Gasteiger partial charge is 0.170 e. The third-order valence-corrected chi connectivity index (χ3v) is 1.73. The zero-order chi connectivity index (χ0) is 9.84. The number of ketones is 2. The van der Waals surface area contributed by atoms with E-state index in [2.05, 4.69) is 4.98 Å². The van der Waals surface area contributed by atoms with Crippen molar-refractivity contribution in [2.75, 3.05) is 0 Å². The maximum atomic E-state index is 11.4. The van der Waals surface area contributed by atoms with Crippen LogP contribution in [0.25, 0.3) is 0 Å². The van der Waals surface area contributed by atoms with Gasteiger partial charge in [0.25, 0.3) is 0 Å². The minimum absolute atomic E-state index is 0.0230. The molecule has 3 heteroatoms. The van der Waals surface area contributed by atoms with Crippen molar-refractivity contribution in [2.24, 2.45) is 0 Å². The Bertz CT molecular complexity index is 345. The SMILES string of the molecule is CC(=O)CC(=O)c1ccncc1C. The number of aromatic nitrogens is 1. The van der Waals surface area contributed by atoms with Crippen LogP contribution in [0.3, 0.4) is 0 Å². The Morgan fingerprint density at radius 1 is 1.46 bits per heavy atom. The van der Waals surface area contributed by atoms with Gasteiger partial charge in [-0.05, 0) is 25.5 Å². The Hall–Kier alpha value is -1.51. The molecule has 0 aliphatic carbocycles. The van der Waals surface area contributed by atoms with E-state index < -0.39 is 0 Å². The van der Waals surface area contributed by atoms with E-state index in [-0.39, 0.29) is 18.0 Å². The molecule has 0 aromatic carbocycles. The zero-order valence-corrected chi connectivity index (χ0v) is 7.70. The zero-order valence-electron chi connectivity index (χ0n) is 7.70. The Morgan fingerprint density at radius 2 is 2.15 bits per heavy atom. The van der Waals surface area contributed by atoms with Crippen molar-refractivity contribution in [1.29, 1.82) is 0 Å². The maximum Gasteiger partial charge on any atom is 0.170 e. The predicted molar refractivity (Wildman–Crippen MR) is 48.6 cm³/mol. The molecule has 0 unspecified atom stereocenters. The van der Waals surface area contributed by atoms with Gasteiger partial charge in [-0.15, -0.1) is 0 Å². The van der Waals surface area contributed by atoms with Gasteiger partial charge in [0.15, 0.2) is 5.78 Å². The van der Waals surface area contributed by atoms with E-state index in [1.165, 1.54) is 6.92 Å². The van der Waals surface area contributed by atoms with Gasteiger partial charge in [0, 0.05) is 18.0 Å². The lowest BCUT2D eigenvalue weighted by Gasteiger charge is -2.01. The molecule has 0 aliphatic rings. The van der Waals surface area contributed by atoms with Gasteiger partial charge in [0.1, 0.15) is 5.78 Å². The third-order valence-electron chi connectivity index (χ3n) is 1.73. The fraction of sp³-hybridized carbons (Fsp3) is 0.300. The van der Waals surface area contributed by atoms with Crippen LogP contribution in [0.5, 0.6) is 0 Å². The van der Waals surface area contributed by atoms with E-state index in [0.717, 1.165) is 5.56 Å². The molecule has 0 radical (unpaired) electrons. The van der Waals surface area contributed by atoms with Gasteiger partial charge in [-0.3, -0.25) is 14.6 Å². The molecular weight excluding hydrogens is 166 g/mol. The molecule has 0 bridgehead atoms. The molecule has 0 spiro atoms. The minimum Gasteiger partial charge on any atom is -0.300 e. The van der Waals surface area contributed by atoms with Crippen LogP contribution in [0.4, 0.5) is 0 Å². The average Bonchev–Trinajstić information content (AvgIpc) is 2.03. The Labute approximate surface area is 76.8 Å². The summed E-state index contributed by atoms with van der Waals surface area (Å²) in [7, 11) is 0. The molecule has 0 atom stereocenters. The molecule has 3 nitrogen and oxygen atoms in total. The number of nitrogens with zero attached hydrogens (tertiary/aromatic N) is 1. The van der Waals surface area contributed by atoms with Crippen molar-refractivity contribution in [2.45, 2.75) is 20.3 Å². The van der Waals surface area contributed by atoms with E-state index in [1.54, 1.807) is 25.4 Å². The number of hydrogen-bond donors (Lipinski definition) is 0. The lowest BCUT2D eigenvalue weighted by Crippen LogP contribution is -2.06. The monoisotopic (exact) mass is 177 g/mol. The van der Waals surface area contributed by atoms with Crippen LogP contribution in [-0.2, 0) is 4.79 Å². The summed E-state index contributed by atoms with van der Waals surface area (Å²) in [6, 6.07) is 1.64. The Morgan fingerprint density at radius 3 is 2.69 bits per heavy atom. The van der Waals surface area contributed by atoms with E-state index in [9.17, 15) is 9.59 Å². The van der Waals surface area contributed by atoms with Gasteiger partial charge >= 0.3 is 0 Å². The molecule has 0 saturated carbocycles. The average molecular weight is 177 g/mol. The van der Waals surface area contributed by atoms with Crippen molar-refractivity contribution >= 4 is 11.6 Å². The molecule has 1 heterocycles. The van der Waals surface area contributed by atoms with Crippen molar-refractivity contribution < 1.29 is 9.59 Å². The normalized spacial score (nSPS) is 9.69. The summed E-state index contributed by atoms with van der Waals surface area (Å²) in [5.41, 5.74) is 1.40. The van der Waals surface area contributed by atoms with Crippen molar-refractivity contribution in [3.05, 3.63) is 29.6 Å². The molecule has 1 aromatic rings. The highest BCUT2D eigenvalue weighted by atomic mass is 16.1. The first-order valence-electron chi connectivity index (χ1n) is 4.04.